The lowest BCUT2D eigenvalue weighted by Gasteiger charge is -2.57. The summed E-state index contributed by atoms with van der Waals surface area (Å²) >= 11 is 0. The second-order valence-electron chi connectivity index (χ2n) is 9.15. The highest BCUT2D eigenvalue weighted by molar-refractivity contribution is 5.96. The van der Waals surface area contributed by atoms with Crippen LogP contribution in [0, 0.1) is 11.6 Å². The van der Waals surface area contributed by atoms with Gasteiger partial charge in [-0.05, 0) is 50.5 Å². The number of nitrogens with one attached hydrogen (secondary N) is 1. The summed E-state index contributed by atoms with van der Waals surface area (Å²) in [5.74, 6) is -2.64. The Morgan fingerprint density at radius 1 is 1.28 bits per heavy atom. The van der Waals surface area contributed by atoms with Crippen molar-refractivity contribution in [2.24, 2.45) is 5.73 Å². The number of benzene rings is 1. The molecule has 3 fully saturated rings. The highest BCUT2D eigenvalue weighted by Crippen LogP contribution is 2.36. The highest BCUT2D eigenvalue weighted by atomic mass is 19.2. The van der Waals surface area contributed by atoms with E-state index in [1.165, 1.54) is 24.4 Å². The minimum atomic E-state index is -0.914. The van der Waals surface area contributed by atoms with Crippen LogP contribution in [0.4, 0.5) is 14.5 Å². The zero-order valence-electron chi connectivity index (χ0n) is 20.0. The van der Waals surface area contributed by atoms with E-state index < -0.39 is 23.6 Å². The summed E-state index contributed by atoms with van der Waals surface area (Å²) in [6.45, 7) is 5.60. The molecule has 9 nitrogen and oxygen atoms in total. The number of hydrogen-bond donors (Lipinski definition) is 2. The second-order valence-corrected chi connectivity index (χ2v) is 9.15. The zero-order valence-corrected chi connectivity index (χ0v) is 20.0. The second kappa shape index (κ2) is 11.3. The maximum absolute atomic E-state index is 13.3. The SMILES string of the molecule is C[C@@H]1CCC(C(=O)Nc2ccnc(C(N)=O)c2)O1.Fc1cccc(OCCN2CCC23COC3)c1F. The normalized spacial score (nSPS) is 22.1. The van der Waals surface area contributed by atoms with Gasteiger partial charge in [0.25, 0.3) is 11.8 Å². The highest BCUT2D eigenvalue weighted by Gasteiger charge is 2.50. The number of hydrogen-bond acceptors (Lipinski definition) is 7. The van der Waals surface area contributed by atoms with E-state index in [0.717, 1.165) is 45.2 Å². The van der Waals surface area contributed by atoms with Gasteiger partial charge < -0.3 is 25.3 Å². The molecule has 0 aliphatic carbocycles. The molecule has 1 aromatic carbocycles. The predicted molar refractivity (Wildman–Crippen MR) is 127 cm³/mol. The number of ether oxygens (including phenoxy) is 3. The first-order chi connectivity index (χ1) is 17.3. The Morgan fingerprint density at radius 3 is 2.69 bits per heavy atom. The maximum Gasteiger partial charge on any atom is 0.267 e. The van der Waals surface area contributed by atoms with Gasteiger partial charge in [-0.15, -0.1) is 0 Å². The molecule has 3 aliphatic rings. The fourth-order valence-electron chi connectivity index (χ4n) is 4.32. The molecular formula is C25H30F2N4O5. The smallest absolute Gasteiger partial charge is 0.267 e. The van der Waals surface area contributed by atoms with E-state index in [4.69, 9.17) is 19.9 Å². The number of nitrogens with zero attached hydrogens (tertiary/aromatic N) is 2. The molecule has 3 aliphatic heterocycles. The predicted octanol–water partition coefficient (Wildman–Crippen LogP) is 2.50. The number of pyridine rings is 1. The maximum atomic E-state index is 13.3. The molecule has 1 unspecified atom stereocenters. The third-order valence-corrected chi connectivity index (χ3v) is 6.60. The van der Waals surface area contributed by atoms with Gasteiger partial charge in [-0.1, -0.05) is 6.07 Å². The first-order valence-corrected chi connectivity index (χ1v) is 11.9. The Labute approximate surface area is 207 Å². The lowest BCUT2D eigenvalue weighted by atomic mass is 9.83. The van der Waals surface area contributed by atoms with Crippen LogP contribution in [0.5, 0.6) is 5.75 Å². The Kier molecular flexibility index (Phi) is 8.12. The molecule has 0 bridgehead atoms. The van der Waals surface area contributed by atoms with Crippen LogP contribution in [0.1, 0.15) is 36.7 Å². The van der Waals surface area contributed by atoms with E-state index in [0.29, 0.717) is 18.7 Å². The minimum Gasteiger partial charge on any atom is -0.489 e. The van der Waals surface area contributed by atoms with Crippen molar-refractivity contribution in [1.29, 1.82) is 0 Å². The Balaban J connectivity index is 0.000000169. The molecule has 36 heavy (non-hydrogen) atoms. The van der Waals surface area contributed by atoms with Crippen molar-refractivity contribution < 1.29 is 32.6 Å². The molecule has 1 aromatic heterocycles. The van der Waals surface area contributed by atoms with Crippen LogP contribution < -0.4 is 15.8 Å². The van der Waals surface area contributed by atoms with Crippen molar-refractivity contribution in [3.63, 3.8) is 0 Å². The number of halogens is 2. The van der Waals surface area contributed by atoms with Crippen molar-refractivity contribution in [2.75, 3.05) is 38.2 Å². The summed E-state index contributed by atoms with van der Waals surface area (Å²) in [5.41, 5.74) is 5.94. The molecule has 2 atom stereocenters. The molecule has 1 spiro atoms. The van der Waals surface area contributed by atoms with Gasteiger partial charge in [-0.3, -0.25) is 19.5 Å². The molecule has 4 heterocycles. The number of anilines is 1. The average Bonchev–Trinajstić information content (AvgIpc) is 3.25. The molecule has 0 saturated carbocycles. The van der Waals surface area contributed by atoms with Crippen LogP contribution in [0.2, 0.25) is 0 Å². The van der Waals surface area contributed by atoms with E-state index in [-0.39, 0.29) is 29.0 Å². The van der Waals surface area contributed by atoms with Crippen molar-refractivity contribution in [3.05, 3.63) is 53.9 Å². The van der Waals surface area contributed by atoms with Crippen LogP contribution in [0.25, 0.3) is 0 Å². The fraction of sp³-hybridized carbons (Fsp3) is 0.480. The molecular weight excluding hydrogens is 474 g/mol. The molecule has 3 saturated heterocycles. The van der Waals surface area contributed by atoms with Gasteiger partial charge in [0.05, 0.1) is 24.9 Å². The number of rotatable bonds is 7. The molecule has 11 heteroatoms. The number of carbonyl (C=O) groups excluding carboxylic acids is 2. The van der Waals surface area contributed by atoms with E-state index in [1.54, 1.807) is 6.07 Å². The lowest BCUT2D eigenvalue weighted by molar-refractivity contribution is -0.193. The van der Waals surface area contributed by atoms with Gasteiger partial charge in [0.15, 0.2) is 11.6 Å². The minimum absolute atomic E-state index is 0.0190. The van der Waals surface area contributed by atoms with Gasteiger partial charge in [0, 0.05) is 25.0 Å². The average molecular weight is 505 g/mol. The summed E-state index contributed by atoms with van der Waals surface area (Å²) in [4.78, 5) is 28.9. The Bertz CT molecular complexity index is 1090. The van der Waals surface area contributed by atoms with Crippen molar-refractivity contribution in [2.45, 2.75) is 43.9 Å². The number of carbonyl (C=O) groups is 2. The summed E-state index contributed by atoms with van der Waals surface area (Å²) in [6, 6.07) is 7.01. The number of aromatic nitrogens is 1. The first-order valence-electron chi connectivity index (χ1n) is 11.9. The lowest BCUT2D eigenvalue weighted by Crippen LogP contribution is -2.71. The van der Waals surface area contributed by atoms with Crippen molar-refractivity contribution in [1.82, 2.24) is 9.88 Å². The quantitative estimate of drug-likeness (QED) is 0.595. The van der Waals surface area contributed by atoms with E-state index in [9.17, 15) is 18.4 Å². The summed E-state index contributed by atoms with van der Waals surface area (Å²) < 4.78 is 42.2. The van der Waals surface area contributed by atoms with Gasteiger partial charge in [0.1, 0.15) is 18.4 Å². The third-order valence-electron chi connectivity index (χ3n) is 6.60. The van der Waals surface area contributed by atoms with E-state index in [1.807, 2.05) is 6.92 Å². The van der Waals surface area contributed by atoms with Crippen LogP contribution in [-0.2, 0) is 14.3 Å². The monoisotopic (exact) mass is 504 g/mol. The molecule has 194 valence electrons. The largest absolute Gasteiger partial charge is 0.489 e. The number of amides is 2. The van der Waals surface area contributed by atoms with Crippen LogP contribution in [-0.4, -0.2) is 72.4 Å². The van der Waals surface area contributed by atoms with Crippen LogP contribution in [0.3, 0.4) is 0 Å². The Morgan fingerprint density at radius 2 is 2.08 bits per heavy atom. The Hall–Kier alpha value is -3.15. The molecule has 2 aromatic rings. The van der Waals surface area contributed by atoms with E-state index >= 15 is 0 Å². The summed E-state index contributed by atoms with van der Waals surface area (Å²) in [7, 11) is 0. The van der Waals surface area contributed by atoms with Gasteiger partial charge in [0.2, 0.25) is 5.82 Å². The van der Waals surface area contributed by atoms with Crippen molar-refractivity contribution >= 4 is 17.5 Å². The summed E-state index contributed by atoms with van der Waals surface area (Å²) in [5, 5.41) is 2.69. The topological polar surface area (TPSA) is 116 Å². The molecule has 3 N–H and O–H groups in total. The van der Waals surface area contributed by atoms with Crippen molar-refractivity contribution in [3.8, 4) is 5.75 Å². The zero-order chi connectivity index (χ0) is 25.7. The number of primary amides is 1. The standard InChI is InChI=1S/C13H15F2NO2.C12H15N3O3/c14-10-2-1-3-11(12(10)15)18-7-6-16-5-4-13(16)8-17-9-13;1-7-2-3-10(18-7)12(17)15-8-4-5-14-9(6-8)11(13)16/h1-3H,4-9H2;4-7,10H,2-3H2,1H3,(H2,13,16)(H,14,15,17)/t;7-,10?/m.1/s1. The number of nitrogens with two attached hydrogens (primary N) is 1. The van der Waals surface area contributed by atoms with E-state index in [2.05, 4.69) is 15.2 Å². The first kappa shape index (κ1) is 25.9. The fourth-order valence-corrected chi connectivity index (χ4v) is 4.32. The van der Waals surface area contributed by atoms with Crippen LogP contribution in [0.15, 0.2) is 36.5 Å². The molecule has 2 amide bonds. The third kappa shape index (κ3) is 5.97. The van der Waals surface area contributed by atoms with Gasteiger partial charge >= 0.3 is 0 Å². The van der Waals surface area contributed by atoms with Crippen LogP contribution >= 0.6 is 0 Å². The summed E-state index contributed by atoms with van der Waals surface area (Å²) in [6.07, 6.45) is 3.85. The number of likely N-dealkylation sites (tertiary alicyclic amines) is 1. The molecule has 0 radical (unpaired) electrons. The van der Waals surface area contributed by atoms with Gasteiger partial charge in [-0.25, -0.2) is 4.39 Å². The molecule has 5 rings (SSSR count). The van der Waals surface area contributed by atoms with Gasteiger partial charge in [-0.2, -0.15) is 4.39 Å².